The first kappa shape index (κ1) is 16.3. The lowest BCUT2D eigenvalue weighted by molar-refractivity contribution is -0.142. The van der Waals surface area contributed by atoms with E-state index in [9.17, 15) is 14.4 Å². The Labute approximate surface area is 119 Å². The van der Waals surface area contributed by atoms with Gasteiger partial charge in [-0.3, -0.25) is 9.59 Å². The Kier molecular flexibility index (Phi) is 6.27. The predicted molar refractivity (Wildman–Crippen MR) is 72.8 cm³/mol. The van der Waals surface area contributed by atoms with E-state index in [1.807, 2.05) is 6.92 Å². The predicted octanol–water partition coefficient (Wildman–Crippen LogP) is 0.189. The number of rotatable bonds is 5. The second-order valence-corrected chi connectivity index (χ2v) is 4.87. The zero-order valence-corrected chi connectivity index (χ0v) is 12.1. The van der Waals surface area contributed by atoms with E-state index in [-0.39, 0.29) is 24.2 Å². The van der Waals surface area contributed by atoms with Gasteiger partial charge in [-0.1, -0.05) is 0 Å². The summed E-state index contributed by atoms with van der Waals surface area (Å²) in [5, 5.41) is 0. The summed E-state index contributed by atoms with van der Waals surface area (Å²) in [4.78, 5) is 37.8. The highest BCUT2D eigenvalue weighted by Gasteiger charge is 2.30. The van der Waals surface area contributed by atoms with E-state index in [0.29, 0.717) is 26.2 Å². The third-order valence-electron chi connectivity index (χ3n) is 3.59. The van der Waals surface area contributed by atoms with Crippen LogP contribution in [-0.2, 0) is 14.3 Å². The molecular weight excluding hydrogens is 262 g/mol. The number of primary amides is 1. The van der Waals surface area contributed by atoms with Crippen molar-refractivity contribution in [2.45, 2.75) is 26.2 Å². The molecule has 114 valence electrons. The van der Waals surface area contributed by atoms with Crippen LogP contribution in [0.5, 0.6) is 0 Å². The van der Waals surface area contributed by atoms with Crippen LogP contribution in [0.3, 0.4) is 0 Å². The zero-order valence-electron chi connectivity index (χ0n) is 12.1. The number of urea groups is 1. The van der Waals surface area contributed by atoms with Crippen LogP contribution in [0.1, 0.15) is 26.2 Å². The molecule has 1 heterocycles. The van der Waals surface area contributed by atoms with Crippen molar-refractivity contribution in [2.75, 3.05) is 33.3 Å². The van der Waals surface area contributed by atoms with E-state index in [0.717, 1.165) is 12.8 Å². The van der Waals surface area contributed by atoms with Crippen molar-refractivity contribution >= 4 is 17.9 Å². The number of ether oxygens (including phenoxy) is 1. The number of carbonyl (C=O) groups is 3. The molecule has 0 aromatic rings. The van der Waals surface area contributed by atoms with E-state index in [2.05, 4.69) is 4.74 Å². The molecule has 7 heteroatoms. The van der Waals surface area contributed by atoms with Gasteiger partial charge in [-0.2, -0.15) is 0 Å². The van der Waals surface area contributed by atoms with Crippen molar-refractivity contribution in [3.8, 4) is 0 Å². The summed E-state index contributed by atoms with van der Waals surface area (Å²) in [6.45, 7) is 3.71. The molecule has 1 aliphatic rings. The molecule has 7 nitrogen and oxygen atoms in total. The van der Waals surface area contributed by atoms with E-state index >= 15 is 0 Å². The minimum absolute atomic E-state index is 0.0256. The van der Waals surface area contributed by atoms with Crippen molar-refractivity contribution in [1.82, 2.24) is 9.80 Å². The van der Waals surface area contributed by atoms with Gasteiger partial charge in [0.25, 0.3) is 0 Å². The largest absolute Gasteiger partial charge is 0.469 e. The van der Waals surface area contributed by atoms with Crippen molar-refractivity contribution in [3.63, 3.8) is 0 Å². The third-order valence-corrected chi connectivity index (χ3v) is 3.59. The quantitative estimate of drug-likeness (QED) is 0.730. The Morgan fingerprint density at radius 2 is 2.10 bits per heavy atom. The maximum atomic E-state index is 12.4. The molecule has 20 heavy (non-hydrogen) atoms. The van der Waals surface area contributed by atoms with E-state index in [4.69, 9.17) is 5.73 Å². The molecule has 1 unspecified atom stereocenters. The molecule has 0 aromatic heterocycles. The number of esters is 1. The lowest BCUT2D eigenvalue weighted by Gasteiger charge is -2.33. The van der Waals surface area contributed by atoms with Crippen LogP contribution in [0.25, 0.3) is 0 Å². The summed E-state index contributed by atoms with van der Waals surface area (Å²) in [6.07, 6.45) is 1.70. The van der Waals surface area contributed by atoms with Gasteiger partial charge in [-0.25, -0.2) is 4.79 Å². The third kappa shape index (κ3) is 4.40. The van der Waals surface area contributed by atoms with Gasteiger partial charge in [0.05, 0.1) is 19.4 Å². The van der Waals surface area contributed by atoms with Crippen LogP contribution in [0.4, 0.5) is 4.79 Å². The van der Waals surface area contributed by atoms with Gasteiger partial charge in [-0.15, -0.1) is 0 Å². The lowest BCUT2D eigenvalue weighted by Crippen LogP contribution is -2.48. The lowest BCUT2D eigenvalue weighted by atomic mass is 9.96. The van der Waals surface area contributed by atoms with Crippen molar-refractivity contribution in [2.24, 2.45) is 11.7 Å². The van der Waals surface area contributed by atoms with Crippen LogP contribution in [0.15, 0.2) is 0 Å². The van der Waals surface area contributed by atoms with Crippen LogP contribution < -0.4 is 5.73 Å². The molecule has 3 amide bonds. The molecule has 0 radical (unpaired) electrons. The number of methoxy groups -OCH3 is 1. The molecule has 1 saturated heterocycles. The molecule has 0 bridgehead atoms. The van der Waals surface area contributed by atoms with E-state index < -0.39 is 6.03 Å². The van der Waals surface area contributed by atoms with Crippen molar-refractivity contribution in [3.05, 3.63) is 0 Å². The summed E-state index contributed by atoms with van der Waals surface area (Å²) in [5.41, 5.74) is 5.26. The molecule has 2 N–H and O–H groups in total. The average Bonchev–Trinajstić information content (AvgIpc) is 2.47. The highest BCUT2D eigenvalue weighted by Crippen LogP contribution is 2.19. The van der Waals surface area contributed by atoms with Gasteiger partial charge in [0, 0.05) is 26.2 Å². The highest BCUT2D eigenvalue weighted by atomic mass is 16.5. The molecule has 0 aliphatic carbocycles. The van der Waals surface area contributed by atoms with Crippen molar-refractivity contribution in [1.29, 1.82) is 0 Å². The van der Waals surface area contributed by atoms with Gasteiger partial charge >= 0.3 is 12.0 Å². The minimum Gasteiger partial charge on any atom is -0.469 e. The Bertz CT molecular complexity index is 373. The van der Waals surface area contributed by atoms with Gasteiger partial charge in [0.15, 0.2) is 0 Å². The first-order valence-corrected chi connectivity index (χ1v) is 6.89. The number of piperidine rings is 1. The molecule has 0 saturated carbocycles. The summed E-state index contributed by atoms with van der Waals surface area (Å²) in [7, 11) is 1.33. The maximum absolute atomic E-state index is 12.4. The molecule has 1 fully saturated rings. The Balaban J connectivity index is 2.56. The van der Waals surface area contributed by atoms with Crippen LogP contribution >= 0.6 is 0 Å². The number of likely N-dealkylation sites (tertiary alicyclic amines) is 1. The summed E-state index contributed by atoms with van der Waals surface area (Å²) in [5.74, 6) is -0.588. The fraction of sp³-hybridized carbons (Fsp3) is 0.769. The smallest absolute Gasteiger partial charge is 0.314 e. The Morgan fingerprint density at radius 3 is 2.65 bits per heavy atom. The topological polar surface area (TPSA) is 92.9 Å². The normalized spacial score (nSPS) is 18.5. The van der Waals surface area contributed by atoms with Gasteiger partial charge in [-0.05, 0) is 19.8 Å². The molecule has 1 aliphatic heterocycles. The molecule has 0 spiro atoms. The molecule has 1 rings (SSSR count). The molecule has 1 atom stereocenters. The second-order valence-electron chi connectivity index (χ2n) is 4.87. The summed E-state index contributed by atoms with van der Waals surface area (Å²) < 4.78 is 4.57. The standard InChI is InChI=1S/C13H23N3O4/c1-3-15(8-6-11(17)20-2)12(18)10-5-4-7-16(9-10)13(14)19/h10H,3-9H2,1-2H3,(H2,14,19). The number of amides is 3. The van der Waals surface area contributed by atoms with Gasteiger partial charge in [0.2, 0.25) is 5.91 Å². The second kappa shape index (κ2) is 7.72. The highest BCUT2D eigenvalue weighted by molar-refractivity contribution is 5.81. The van der Waals surface area contributed by atoms with Gasteiger partial charge < -0.3 is 20.3 Å². The number of carbonyl (C=O) groups excluding carboxylic acids is 3. The summed E-state index contributed by atoms with van der Waals surface area (Å²) >= 11 is 0. The van der Waals surface area contributed by atoms with Crippen molar-refractivity contribution < 1.29 is 19.1 Å². The Hall–Kier alpha value is -1.79. The number of hydrogen-bond donors (Lipinski definition) is 1. The van der Waals surface area contributed by atoms with Crippen LogP contribution in [0, 0.1) is 5.92 Å². The van der Waals surface area contributed by atoms with Crippen LogP contribution in [0.2, 0.25) is 0 Å². The maximum Gasteiger partial charge on any atom is 0.314 e. The average molecular weight is 285 g/mol. The number of nitrogens with two attached hydrogens (primary N) is 1. The summed E-state index contributed by atoms with van der Waals surface area (Å²) in [6, 6.07) is -0.486. The number of hydrogen-bond acceptors (Lipinski definition) is 4. The van der Waals surface area contributed by atoms with E-state index in [1.165, 1.54) is 12.0 Å². The first-order valence-electron chi connectivity index (χ1n) is 6.89. The SMILES string of the molecule is CCN(CCC(=O)OC)C(=O)C1CCCN(C(N)=O)C1. The van der Waals surface area contributed by atoms with E-state index in [1.54, 1.807) is 4.90 Å². The monoisotopic (exact) mass is 285 g/mol. The minimum atomic E-state index is -0.486. The Morgan fingerprint density at radius 1 is 1.40 bits per heavy atom. The molecular formula is C13H23N3O4. The van der Waals surface area contributed by atoms with Crippen LogP contribution in [-0.4, -0.2) is 61.0 Å². The fourth-order valence-corrected chi connectivity index (χ4v) is 2.39. The molecule has 0 aromatic carbocycles. The number of nitrogens with zero attached hydrogens (tertiary/aromatic N) is 2. The zero-order chi connectivity index (χ0) is 15.1. The van der Waals surface area contributed by atoms with Gasteiger partial charge in [0.1, 0.15) is 0 Å². The first-order chi connectivity index (χ1) is 9.49. The fourth-order valence-electron chi connectivity index (χ4n) is 2.39.